The van der Waals surface area contributed by atoms with E-state index in [0.717, 1.165) is 4.88 Å². The maximum atomic E-state index is 13.1. The summed E-state index contributed by atoms with van der Waals surface area (Å²) in [5, 5.41) is 0. The first-order valence-corrected chi connectivity index (χ1v) is 12.6. The molecular weight excluding hydrogens is 472 g/mol. The molecule has 172 valence electrons. The summed E-state index contributed by atoms with van der Waals surface area (Å²) in [4.78, 5) is 15.4. The molecule has 0 aliphatic carbocycles. The monoisotopic (exact) mass is 496 g/mol. The van der Waals surface area contributed by atoms with Crippen LogP contribution in [0.3, 0.4) is 0 Å². The van der Waals surface area contributed by atoms with E-state index in [4.69, 9.17) is 21.1 Å². The Morgan fingerprint density at radius 3 is 2.69 bits per heavy atom. The molecule has 1 aromatic carbocycles. The minimum Gasteiger partial charge on any atom is -0.495 e. The van der Waals surface area contributed by atoms with E-state index in [1.54, 1.807) is 35.3 Å². The number of nitrogens with zero attached hydrogens (tertiary/aromatic N) is 2. The molecule has 1 saturated heterocycles. The molecule has 3 rings (SSSR count). The highest BCUT2D eigenvalue weighted by molar-refractivity contribution is 7.89. The molecule has 0 bridgehead atoms. The lowest BCUT2D eigenvalue weighted by atomic mass is 10.2. The van der Waals surface area contributed by atoms with Gasteiger partial charge in [-0.05, 0) is 35.9 Å². The van der Waals surface area contributed by atoms with Gasteiger partial charge in [0.05, 0.1) is 31.2 Å². The molecule has 1 aliphatic rings. The van der Waals surface area contributed by atoms with Crippen LogP contribution in [0.4, 0.5) is 0 Å². The summed E-state index contributed by atoms with van der Waals surface area (Å²) < 4.78 is 38.8. The Balaban J connectivity index is 1.81. The van der Waals surface area contributed by atoms with Crippen molar-refractivity contribution >= 4 is 44.9 Å². The standard InChI is InChI=1S/C22H25ClN2O5S2/c1-3-10-24(16-18-6-8-21(23)31-18)22(26)9-5-17-4-7-19(29-2)20(15-17)32(27,28)25-11-13-30-14-12-25/h3-9,15H,1,10-14,16H2,2H3/b9-5+. The minimum atomic E-state index is -3.75. The molecule has 10 heteroatoms. The van der Waals surface area contributed by atoms with Crippen LogP contribution in [-0.2, 0) is 26.1 Å². The number of hydrogen-bond donors (Lipinski definition) is 0. The van der Waals surface area contributed by atoms with E-state index in [1.165, 1.54) is 34.9 Å². The number of amides is 1. The van der Waals surface area contributed by atoms with Crippen molar-refractivity contribution in [3.05, 3.63) is 63.8 Å². The number of thiophene rings is 1. The second-order valence-corrected chi connectivity index (χ2v) is 10.7. The van der Waals surface area contributed by atoms with Crippen molar-refractivity contribution in [3.8, 4) is 5.75 Å². The largest absolute Gasteiger partial charge is 0.495 e. The van der Waals surface area contributed by atoms with Gasteiger partial charge in [-0.1, -0.05) is 23.7 Å². The zero-order chi connectivity index (χ0) is 23.1. The van der Waals surface area contributed by atoms with Gasteiger partial charge in [-0.15, -0.1) is 17.9 Å². The summed E-state index contributed by atoms with van der Waals surface area (Å²) in [6.45, 7) is 5.77. The predicted molar refractivity (Wildman–Crippen MR) is 127 cm³/mol. The molecule has 0 atom stereocenters. The van der Waals surface area contributed by atoms with E-state index >= 15 is 0 Å². The Bertz CT molecular complexity index is 1090. The molecule has 1 aromatic heterocycles. The fourth-order valence-electron chi connectivity index (χ4n) is 3.21. The topological polar surface area (TPSA) is 76.2 Å². The molecule has 2 aromatic rings. The summed E-state index contributed by atoms with van der Waals surface area (Å²) in [5.74, 6) is 0.0330. The Hall–Kier alpha value is -2.17. The Morgan fingerprint density at radius 2 is 2.06 bits per heavy atom. The first kappa shape index (κ1) is 24.5. The molecule has 0 spiro atoms. The van der Waals surface area contributed by atoms with Crippen molar-refractivity contribution in [1.82, 2.24) is 9.21 Å². The van der Waals surface area contributed by atoms with Crippen molar-refractivity contribution in [3.63, 3.8) is 0 Å². The van der Waals surface area contributed by atoms with Gasteiger partial charge in [0.15, 0.2) is 0 Å². The van der Waals surface area contributed by atoms with Gasteiger partial charge in [0, 0.05) is 30.6 Å². The fraction of sp³-hybridized carbons (Fsp3) is 0.318. The van der Waals surface area contributed by atoms with Crippen molar-refractivity contribution in [1.29, 1.82) is 0 Å². The van der Waals surface area contributed by atoms with Crippen molar-refractivity contribution < 1.29 is 22.7 Å². The van der Waals surface area contributed by atoms with E-state index in [0.29, 0.717) is 36.2 Å². The highest BCUT2D eigenvalue weighted by Crippen LogP contribution is 2.29. The van der Waals surface area contributed by atoms with Crippen LogP contribution in [0.5, 0.6) is 5.75 Å². The van der Waals surface area contributed by atoms with E-state index in [1.807, 2.05) is 6.07 Å². The smallest absolute Gasteiger partial charge is 0.247 e. The number of rotatable bonds is 9. The molecule has 1 amide bonds. The van der Waals surface area contributed by atoms with Crippen molar-refractivity contribution in [2.45, 2.75) is 11.4 Å². The zero-order valence-electron chi connectivity index (χ0n) is 17.7. The lowest BCUT2D eigenvalue weighted by Gasteiger charge is -2.26. The maximum absolute atomic E-state index is 13.1. The Labute approximate surface area is 197 Å². The van der Waals surface area contributed by atoms with Gasteiger partial charge >= 0.3 is 0 Å². The Kier molecular flexibility index (Phi) is 8.50. The summed E-state index contributed by atoms with van der Waals surface area (Å²) >= 11 is 7.40. The van der Waals surface area contributed by atoms with E-state index in [-0.39, 0.29) is 29.6 Å². The molecular formula is C22H25ClN2O5S2. The van der Waals surface area contributed by atoms with Gasteiger partial charge in [-0.25, -0.2) is 8.42 Å². The first-order chi connectivity index (χ1) is 15.3. The van der Waals surface area contributed by atoms with Gasteiger partial charge in [0.2, 0.25) is 15.9 Å². The number of carbonyl (C=O) groups excluding carboxylic acids is 1. The number of methoxy groups -OCH3 is 1. The quantitative estimate of drug-likeness (QED) is 0.391. The second-order valence-electron chi connectivity index (χ2n) is 6.97. The van der Waals surface area contributed by atoms with Crippen LogP contribution in [0.25, 0.3) is 6.08 Å². The molecule has 1 aliphatic heterocycles. The number of ether oxygens (including phenoxy) is 2. The van der Waals surface area contributed by atoms with Gasteiger partial charge < -0.3 is 14.4 Å². The molecule has 0 radical (unpaired) electrons. The third kappa shape index (κ3) is 5.99. The number of hydrogen-bond acceptors (Lipinski definition) is 6. The summed E-state index contributed by atoms with van der Waals surface area (Å²) in [5.41, 5.74) is 0.573. The van der Waals surface area contributed by atoms with Crippen LogP contribution in [0.2, 0.25) is 4.34 Å². The molecule has 0 saturated carbocycles. The lowest BCUT2D eigenvalue weighted by Crippen LogP contribution is -2.40. The van der Waals surface area contributed by atoms with Gasteiger partial charge in [-0.3, -0.25) is 4.79 Å². The van der Waals surface area contributed by atoms with E-state index < -0.39 is 10.0 Å². The lowest BCUT2D eigenvalue weighted by molar-refractivity contribution is -0.126. The molecule has 0 N–H and O–H groups in total. The summed E-state index contributed by atoms with van der Waals surface area (Å²) in [6.07, 6.45) is 4.67. The van der Waals surface area contributed by atoms with Crippen LogP contribution in [0.15, 0.2) is 54.0 Å². The maximum Gasteiger partial charge on any atom is 0.247 e. The molecule has 2 heterocycles. The molecule has 7 nitrogen and oxygen atoms in total. The molecule has 1 fully saturated rings. The van der Waals surface area contributed by atoms with Gasteiger partial charge in [-0.2, -0.15) is 4.31 Å². The number of sulfonamides is 1. The van der Waals surface area contributed by atoms with E-state index in [2.05, 4.69) is 6.58 Å². The van der Waals surface area contributed by atoms with Crippen LogP contribution in [-0.4, -0.2) is 63.5 Å². The second kappa shape index (κ2) is 11.1. The minimum absolute atomic E-state index is 0.0627. The number of halogens is 1. The average Bonchev–Trinajstić information content (AvgIpc) is 3.22. The highest BCUT2D eigenvalue weighted by Gasteiger charge is 2.29. The van der Waals surface area contributed by atoms with Crippen LogP contribution < -0.4 is 4.74 Å². The van der Waals surface area contributed by atoms with Gasteiger partial charge in [0.25, 0.3) is 0 Å². The Morgan fingerprint density at radius 1 is 1.31 bits per heavy atom. The zero-order valence-corrected chi connectivity index (χ0v) is 20.1. The number of morpholine rings is 1. The van der Waals surface area contributed by atoms with Gasteiger partial charge in [0.1, 0.15) is 10.6 Å². The summed E-state index contributed by atoms with van der Waals surface area (Å²) in [7, 11) is -2.33. The fourth-order valence-corrected chi connectivity index (χ4v) is 5.91. The molecule has 32 heavy (non-hydrogen) atoms. The van der Waals surface area contributed by atoms with Crippen LogP contribution in [0, 0.1) is 0 Å². The normalized spacial score (nSPS) is 15.1. The SMILES string of the molecule is C=CCN(Cc1ccc(Cl)s1)C(=O)/C=C/c1ccc(OC)c(S(=O)(=O)N2CCOCC2)c1. The third-order valence-corrected chi connectivity index (χ3v) is 7.97. The summed E-state index contributed by atoms with van der Waals surface area (Å²) in [6, 6.07) is 8.49. The van der Waals surface area contributed by atoms with Crippen molar-refractivity contribution in [2.24, 2.45) is 0 Å². The van der Waals surface area contributed by atoms with Crippen LogP contribution in [0.1, 0.15) is 10.4 Å². The number of carbonyl (C=O) groups is 1. The average molecular weight is 497 g/mol. The van der Waals surface area contributed by atoms with E-state index in [9.17, 15) is 13.2 Å². The van der Waals surface area contributed by atoms with Crippen LogP contribution >= 0.6 is 22.9 Å². The highest BCUT2D eigenvalue weighted by atomic mass is 35.5. The first-order valence-electron chi connectivity index (χ1n) is 9.93. The number of benzene rings is 1. The predicted octanol–water partition coefficient (Wildman–Crippen LogP) is 3.66. The molecule has 0 unspecified atom stereocenters. The third-order valence-electron chi connectivity index (χ3n) is 4.83. The van der Waals surface area contributed by atoms with Crippen molar-refractivity contribution in [2.75, 3.05) is 40.0 Å².